The van der Waals surface area contributed by atoms with Crippen molar-refractivity contribution in [3.63, 3.8) is 0 Å². The first-order chi connectivity index (χ1) is 8.22. The number of rotatable bonds is 1. The van der Waals surface area contributed by atoms with Gasteiger partial charge < -0.3 is 10.3 Å². The predicted molar refractivity (Wildman–Crippen MR) is 63.1 cm³/mol. The number of imidazole rings is 1. The summed E-state index contributed by atoms with van der Waals surface area (Å²) in [4.78, 5) is 7.47. The Morgan fingerprint density at radius 1 is 1.35 bits per heavy atom. The standard InChI is InChI=1S/C13H14FN3/c1-13(9-4-2-3-5-10(9)14)12-11(6-7-17-13)15-8-16-12/h2-5,8,17H,6-7H2,1H3,(H,15,16). The van der Waals surface area contributed by atoms with Crippen LogP contribution in [-0.2, 0) is 12.0 Å². The van der Waals surface area contributed by atoms with Gasteiger partial charge >= 0.3 is 0 Å². The van der Waals surface area contributed by atoms with Crippen molar-refractivity contribution < 1.29 is 4.39 Å². The summed E-state index contributed by atoms with van der Waals surface area (Å²) in [7, 11) is 0. The van der Waals surface area contributed by atoms with E-state index < -0.39 is 5.54 Å². The Kier molecular flexibility index (Phi) is 2.26. The number of aromatic nitrogens is 2. The van der Waals surface area contributed by atoms with E-state index >= 15 is 0 Å². The van der Waals surface area contributed by atoms with Crippen molar-refractivity contribution in [3.8, 4) is 0 Å². The maximum Gasteiger partial charge on any atom is 0.128 e. The van der Waals surface area contributed by atoms with Crippen molar-refractivity contribution >= 4 is 0 Å². The van der Waals surface area contributed by atoms with Gasteiger partial charge in [0.15, 0.2) is 0 Å². The molecule has 17 heavy (non-hydrogen) atoms. The third-order valence-corrected chi connectivity index (χ3v) is 3.46. The van der Waals surface area contributed by atoms with Gasteiger partial charge in [0.05, 0.1) is 17.6 Å². The van der Waals surface area contributed by atoms with Gasteiger partial charge in [0, 0.05) is 24.2 Å². The van der Waals surface area contributed by atoms with Crippen LogP contribution >= 0.6 is 0 Å². The van der Waals surface area contributed by atoms with Crippen LogP contribution in [0.4, 0.5) is 4.39 Å². The molecule has 1 unspecified atom stereocenters. The molecule has 0 aliphatic carbocycles. The Balaban J connectivity index is 2.18. The molecule has 3 nitrogen and oxygen atoms in total. The van der Waals surface area contributed by atoms with Crippen molar-refractivity contribution in [2.75, 3.05) is 6.54 Å². The number of H-pyrrole nitrogens is 1. The van der Waals surface area contributed by atoms with Gasteiger partial charge in [0.25, 0.3) is 0 Å². The van der Waals surface area contributed by atoms with Crippen molar-refractivity contribution in [3.05, 3.63) is 53.4 Å². The molecule has 2 heterocycles. The molecule has 2 N–H and O–H groups in total. The van der Waals surface area contributed by atoms with Gasteiger partial charge in [-0.1, -0.05) is 18.2 Å². The fourth-order valence-corrected chi connectivity index (χ4v) is 2.55. The summed E-state index contributed by atoms with van der Waals surface area (Å²) in [6.07, 6.45) is 2.58. The van der Waals surface area contributed by atoms with Crippen LogP contribution in [0.1, 0.15) is 23.9 Å². The molecular weight excluding hydrogens is 217 g/mol. The molecule has 4 heteroatoms. The fraction of sp³-hybridized carbons (Fsp3) is 0.308. The highest BCUT2D eigenvalue weighted by Crippen LogP contribution is 2.33. The third kappa shape index (κ3) is 1.48. The van der Waals surface area contributed by atoms with Gasteiger partial charge in [-0.25, -0.2) is 9.37 Å². The van der Waals surface area contributed by atoms with Crippen LogP contribution in [0.15, 0.2) is 30.6 Å². The number of nitrogens with zero attached hydrogens (tertiary/aromatic N) is 1. The summed E-state index contributed by atoms with van der Waals surface area (Å²) in [6.45, 7) is 2.80. The van der Waals surface area contributed by atoms with E-state index in [4.69, 9.17) is 0 Å². The molecule has 1 aliphatic rings. The molecule has 1 aromatic heterocycles. The molecule has 0 bridgehead atoms. The van der Waals surface area contributed by atoms with Gasteiger partial charge in [-0.3, -0.25) is 0 Å². The van der Waals surface area contributed by atoms with Crippen LogP contribution in [0.3, 0.4) is 0 Å². The first kappa shape index (κ1) is 10.5. The molecule has 0 amide bonds. The lowest BCUT2D eigenvalue weighted by atomic mass is 9.84. The van der Waals surface area contributed by atoms with Gasteiger partial charge in [-0.05, 0) is 13.0 Å². The SMILES string of the molecule is CC1(c2ccccc2F)NCCc2[nH]cnc21. The predicted octanol–water partition coefficient (Wildman–Crippen LogP) is 1.96. The van der Waals surface area contributed by atoms with E-state index in [2.05, 4.69) is 15.3 Å². The number of hydrogen-bond acceptors (Lipinski definition) is 2. The van der Waals surface area contributed by atoms with Crippen LogP contribution in [0.2, 0.25) is 0 Å². The van der Waals surface area contributed by atoms with Gasteiger partial charge in [0.1, 0.15) is 5.82 Å². The van der Waals surface area contributed by atoms with Crippen LogP contribution < -0.4 is 5.32 Å². The second-order valence-corrected chi connectivity index (χ2v) is 4.51. The van der Waals surface area contributed by atoms with Crippen molar-refractivity contribution in [2.24, 2.45) is 0 Å². The molecule has 0 saturated heterocycles. The summed E-state index contributed by atoms with van der Waals surface area (Å²) in [5, 5.41) is 3.37. The summed E-state index contributed by atoms with van der Waals surface area (Å²) < 4.78 is 13.9. The molecule has 1 aromatic carbocycles. The Morgan fingerprint density at radius 3 is 3.00 bits per heavy atom. The largest absolute Gasteiger partial charge is 0.348 e. The second-order valence-electron chi connectivity index (χ2n) is 4.51. The lowest BCUT2D eigenvalue weighted by Crippen LogP contribution is -2.46. The van der Waals surface area contributed by atoms with E-state index in [0.29, 0.717) is 5.56 Å². The number of halogens is 1. The summed E-state index contributed by atoms with van der Waals surface area (Å²) in [6, 6.07) is 6.86. The normalized spacial score (nSPS) is 23.4. The zero-order valence-corrected chi connectivity index (χ0v) is 9.63. The lowest BCUT2D eigenvalue weighted by Gasteiger charge is -2.34. The Bertz CT molecular complexity index is 549. The monoisotopic (exact) mass is 231 g/mol. The second kappa shape index (κ2) is 3.67. The summed E-state index contributed by atoms with van der Waals surface area (Å²) in [5.41, 5.74) is 2.09. The Morgan fingerprint density at radius 2 is 2.18 bits per heavy atom. The molecule has 3 rings (SSSR count). The first-order valence-corrected chi connectivity index (χ1v) is 5.74. The smallest absolute Gasteiger partial charge is 0.128 e. The fourth-order valence-electron chi connectivity index (χ4n) is 2.55. The highest BCUT2D eigenvalue weighted by molar-refractivity contribution is 5.38. The molecule has 1 aliphatic heterocycles. The Hall–Kier alpha value is -1.68. The van der Waals surface area contributed by atoms with Crippen LogP contribution in [0, 0.1) is 5.82 Å². The van der Waals surface area contributed by atoms with E-state index in [1.165, 1.54) is 6.07 Å². The molecular formula is C13H14FN3. The molecule has 0 radical (unpaired) electrons. The maximum atomic E-state index is 13.9. The molecule has 88 valence electrons. The highest BCUT2D eigenvalue weighted by atomic mass is 19.1. The van der Waals surface area contributed by atoms with Gasteiger partial charge in [-0.15, -0.1) is 0 Å². The summed E-state index contributed by atoms with van der Waals surface area (Å²) in [5.74, 6) is -0.196. The minimum absolute atomic E-state index is 0.196. The molecule has 2 aromatic rings. The average Bonchev–Trinajstić information content (AvgIpc) is 2.79. The summed E-state index contributed by atoms with van der Waals surface area (Å²) >= 11 is 0. The van der Waals surface area contributed by atoms with Crippen LogP contribution in [0.25, 0.3) is 0 Å². The maximum absolute atomic E-state index is 13.9. The van der Waals surface area contributed by atoms with E-state index in [-0.39, 0.29) is 5.82 Å². The molecule has 1 atom stereocenters. The van der Waals surface area contributed by atoms with Crippen molar-refractivity contribution in [1.29, 1.82) is 0 Å². The quantitative estimate of drug-likeness (QED) is 0.787. The topological polar surface area (TPSA) is 40.7 Å². The average molecular weight is 231 g/mol. The van der Waals surface area contributed by atoms with E-state index in [1.54, 1.807) is 12.4 Å². The molecule has 0 saturated carbocycles. The minimum atomic E-state index is -0.543. The number of hydrogen-bond donors (Lipinski definition) is 2. The molecule has 0 fully saturated rings. The van der Waals surface area contributed by atoms with E-state index in [1.807, 2.05) is 19.1 Å². The Labute approximate surface area is 99.1 Å². The van der Waals surface area contributed by atoms with Crippen molar-refractivity contribution in [1.82, 2.24) is 15.3 Å². The van der Waals surface area contributed by atoms with E-state index in [0.717, 1.165) is 24.4 Å². The zero-order valence-electron chi connectivity index (χ0n) is 9.63. The van der Waals surface area contributed by atoms with Gasteiger partial charge in [-0.2, -0.15) is 0 Å². The lowest BCUT2D eigenvalue weighted by molar-refractivity contribution is 0.387. The van der Waals surface area contributed by atoms with Crippen LogP contribution in [-0.4, -0.2) is 16.5 Å². The minimum Gasteiger partial charge on any atom is -0.348 e. The van der Waals surface area contributed by atoms with Gasteiger partial charge in [0.2, 0.25) is 0 Å². The molecule has 0 spiro atoms. The number of fused-ring (bicyclic) bond motifs is 1. The third-order valence-electron chi connectivity index (χ3n) is 3.46. The van der Waals surface area contributed by atoms with E-state index in [9.17, 15) is 4.39 Å². The number of nitrogens with one attached hydrogen (secondary N) is 2. The first-order valence-electron chi connectivity index (χ1n) is 5.74. The van der Waals surface area contributed by atoms with Crippen LogP contribution in [0.5, 0.6) is 0 Å². The number of aromatic amines is 1. The number of benzene rings is 1. The zero-order chi connectivity index (χ0) is 11.9. The van der Waals surface area contributed by atoms with Crippen molar-refractivity contribution in [2.45, 2.75) is 18.9 Å². The highest BCUT2D eigenvalue weighted by Gasteiger charge is 2.37.